The van der Waals surface area contributed by atoms with Crippen LogP contribution in [0.25, 0.3) is 0 Å². The van der Waals surface area contributed by atoms with Gasteiger partial charge in [-0.15, -0.1) is 0 Å². The lowest BCUT2D eigenvalue weighted by Gasteiger charge is -2.39. The van der Waals surface area contributed by atoms with Crippen molar-refractivity contribution in [1.82, 2.24) is 4.90 Å². The smallest absolute Gasteiger partial charge is 0.00134 e. The topological polar surface area (TPSA) is 3.24 Å². The molecule has 2 aliphatic rings. The van der Waals surface area contributed by atoms with Crippen molar-refractivity contribution < 1.29 is 0 Å². The van der Waals surface area contributed by atoms with E-state index in [2.05, 4.69) is 32.7 Å². The van der Waals surface area contributed by atoms with Crippen molar-refractivity contribution in [3.63, 3.8) is 0 Å². The predicted octanol–water partition coefficient (Wildman–Crippen LogP) is 4.10. The van der Waals surface area contributed by atoms with Crippen molar-refractivity contribution >= 4 is 0 Å². The number of hydrogen-bond acceptors (Lipinski definition) is 1. The van der Waals surface area contributed by atoms with Gasteiger partial charge < -0.3 is 4.90 Å². The van der Waals surface area contributed by atoms with Gasteiger partial charge in [-0.05, 0) is 64.6 Å². The van der Waals surface area contributed by atoms with Crippen molar-refractivity contribution in [3.8, 4) is 0 Å². The highest BCUT2D eigenvalue weighted by Crippen LogP contribution is 2.51. The summed E-state index contributed by atoms with van der Waals surface area (Å²) in [7, 11) is 2.25. The lowest BCUT2D eigenvalue weighted by Crippen LogP contribution is -2.37. The van der Waals surface area contributed by atoms with E-state index in [4.69, 9.17) is 0 Å². The van der Waals surface area contributed by atoms with E-state index in [1.807, 2.05) is 13.8 Å². The van der Waals surface area contributed by atoms with Crippen LogP contribution in [0.2, 0.25) is 0 Å². The lowest BCUT2D eigenvalue weighted by molar-refractivity contribution is 0.147. The van der Waals surface area contributed by atoms with Crippen LogP contribution >= 0.6 is 0 Å². The number of likely N-dealkylation sites (tertiary alicyclic amines) is 1. The van der Waals surface area contributed by atoms with Gasteiger partial charge in [-0.2, -0.15) is 0 Å². The second kappa shape index (κ2) is 5.35. The summed E-state index contributed by atoms with van der Waals surface area (Å²) in [4.78, 5) is 2.47. The first-order chi connectivity index (χ1) is 7.55. The quantitative estimate of drug-likeness (QED) is 0.559. The zero-order chi connectivity index (χ0) is 12.3. The lowest BCUT2D eigenvalue weighted by atomic mass is 9.73. The molecule has 1 aliphatic heterocycles. The first-order valence-electron chi connectivity index (χ1n) is 6.91. The van der Waals surface area contributed by atoms with Gasteiger partial charge in [0.15, 0.2) is 0 Å². The molecule has 16 heavy (non-hydrogen) atoms. The molecule has 0 amide bonds. The minimum atomic E-state index is 0.593. The predicted molar refractivity (Wildman–Crippen MR) is 72.7 cm³/mol. The Labute approximate surface area is 102 Å². The molecule has 1 atom stereocenters. The molecule has 1 saturated heterocycles. The highest BCUT2D eigenvalue weighted by Gasteiger charge is 2.41. The molecule has 0 aromatic carbocycles. The van der Waals surface area contributed by atoms with Crippen LogP contribution in [0, 0.1) is 11.3 Å². The summed E-state index contributed by atoms with van der Waals surface area (Å²) in [6, 6.07) is 0. The second-order valence-corrected chi connectivity index (χ2v) is 5.50. The number of hydrogen-bond donors (Lipinski definition) is 0. The minimum absolute atomic E-state index is 0.593. The summed E-state index contributed by atoms with van der Waals surface area (Å²) >= 11 is 0. The Balaban J connectivity index is 0.000000606. The summed E-state index contributed by atoms with van der Waals surface area (Å²) in [5.41, 5.74) is 3.99. The normalized spacial score (nSPS) is 29.2. The molecule has 1 spiro atoms. The molecule has 0 bridgehead atoms. The van der Waals surface area contributed by atoms with Gasteiger partial charge in [0.05, 0.1) is 0 Å². The van der Waals surface area contributed by atoms with E-state index in [9.17, 15) is 0 Å². The van der Waals surface area contributed by atoms with Crippen molar-refractivity contribution in [2.24, 2.45) is 11.3 Å². The number of rotatable bonds is 0. The fraction of sp³-hybridized carbons (Fsp3) is 0.867. The van der Waals surface area contributed by atoms with Crippen molar-refractivity contribution in [3.05, 3.63) is 11.1 Å². The molecule has 1 heterocycles. The van der Waals surface area contributed by atoms with E-state index in [1.165, 1.54) is 32.4 Å². The minimum Gasteiger partial charge on any atom is -0.306 e. The van der Waals surface area contributed by atoms with Crippen molar-refractivity contribution in [2.45, 2.75) is 53.9 Å². The Hall–Kier alpha value is -0.300. The molecule has 1 aliphatic carbocycles. The maximum Gasteiger partial charge on any atom is -0.00134 e. The molecule has 1 fully saturated rings. The summed E-state index contributed by atoms with van der Waals surface area (Å²) in [5.74, 6) is 0.832. The first-order valence-corrected chi connectivity index (χ1v) is 6.91. The summed E-state index contributed by atoms with van der Waals surface area (Å²) in [6.07, 6.45) is 4.19. The van der Waals surface area contributed by atoms with Gasteiger partial charge >= 0.3 is 0 Å². The van der Waals surface area contributed by atoms with Crippen LogP contribution in [0.5, 0.6) is 0 Å². The van der Waals surface area contributed by atoms with Crippen LogP contribution in [0.3, 0.4) is 0 Å². The summed E-state index contributed by atoms with van der Waals surface area (Å²) in [5, 5.41) is 0. The Morgan fingerprint density at radius 3 is 2.00 bits per heavy atom. The summed E-state index contributed by atoms with van der Waals surface area (Å²) in [6.45, 7) is 13.7. The van der Waals surface area contributed by atoms with Crippen LogP contribution in [-0.4, -0.2) is 25.0 Å². The molecule has 1 heteroatoms. The third kappa shape index (κ3) is 2.34. The standard InChI is InChI=1S/C13H23N.C2H6/c1-10-9-13(12(3)11(10)2)5-7-14(4)8-6-13;1-2/h10H,5-9H2,1-4H3;1-2H3. The largest absolute Gasteiger partial charge is 0.306 e. The zero-order valence-electron chi connectivity index (χ0n) is 12.1. The van der Waals surface area contributed by atoms with E-state index >= 15 is 0 Å². The van der Waals surface area contributed by atoms with E-state index in [0.29, 0.717) is 5.41 Å². The monoisotopic (exact) mass is 223 g/mol. The van der Waals surface area contributed by atoms with Gasteiger partial charge in [-0.25, -0.2) is 0 Å². The van der Waals surface area contributed by atoms with Crippen LogP contribution in [-0.2, 0) is 0 Å². The number of allylic oxidation sites excluding steroid dienone is 2. The molecule has 1 unspecified atom stereocenters. The highest BCUT2D eigenvalue weighted by molar-refractivity contribution is 5.28. The average Bonchev–Trinajstić information content (AvgIpc) is 2.51. The zero-order valence-corrected chi connectivity index (χ0v) is 12.1. The SMILES string of the molecule is CC.CC1=C(C)C2(CCN(C)CC2)CC1C. The Morgan fingerprint density at radius 1 is 1.12 bits per heavy atom. The molecule has 0 saturated carbocycles. The van der Waals surface area contributed by atoms with E-state index in [0.717, 1.165) is 5.92 Å². The molecule has 94 valence electrons. The van der Waals surface area contributed by atoms with E-state index in [1.54, 1.807) is 11.1 Å². The number of piperidine rings is 1. The maximum atomic E-state index is 2.47. The average molecular weight is 223 g/mol. The highest BCUT2D eigenvalue weighted by atomic mass is 15.1. The fourth-order valence-electron chi connectivity index (χ4n) is 3.31. The molecular formula is C15H29N. The number of nitrogens with zero attached hydrogens (tertiary/aromatic N) is 1. The van der Waals surface area contributed by atoms with Crippen molar-refractivity contribution in [1.29, 1.82) is 0 Å². The van der Waals surface area contributed by atoms with Crippen LogP contribution < -0.4 is 0 Å². The Bertz CT molecular complexity index is 257. The van der Waals surface area contributed by atoms with Gasteiger partial charge in [0, 0.05) is 0 Å². The molecule has 0 N–H and O–H groups in total. The van der Waals surface area contributed by atoms with Gasteiger partial charge in [0.2, 0.25) is 0 Å². The van der Waals surface area contributed by atoms with Crippen molar-refractivity contribution in [2.75, 3.05) is 20.1 Å². The molecule has 0 aromatic heterocycles. The Morgan fingerprint density at radius 2 is 1.62 bits per heavy atom. The van der Waals surface area contributed by atoms with Gasteiger partial charge in [0.1, 0.15) is 0 Å². The summed E-state index contributed by atoms with van der Waals surface area (Å²) < 4.78 is 0. The van der Waals surface area contributed by atoms with Crippen LogP contribution in [0.1, 0.15) is 53.9 Å². The molecule has 0 radical (unpaired) electrons. The maximum absolute atomic E-state index is 2.47. The van der Waals surface area contributed by atoms with Crippen LogP contribution in [0.4, 0.5) is 0 Å². The molecule has 1 nitrogen and oxygen atoms in total. The van der Waals surface area contributed by atoms with Gasteiger partial charge in [0.25, 0.3) is 0 Å². The first kappa shape index (κ1) is 13.8. The molecule has 2 rings (SSSR count). The molecule has 0 aromatic rings. The van der Waals surface area contributed by atoms with Gasteiger partial charge in [-0.3, -0.25) is 0 Å². The second-order valence-electron chi connectivity index (χ2n) is 5.50. The fourth-order valence-corrected chi connectivity index (χ4v) is 3.31. The van der Waals surface area contributed by atoms with Gasteiger partial charge in [-0.1, -0.05) is 31.9 Å². The third-order valence-electron chi connectivity index (χ3n) is 4.77. The third-order valence-corrected chi connectivity index (χ3v) is 4.77. The van der Waals surface area contributed by atoms with E-state index < -0.39 is 0 Å². The van der Waals surface area contributed by atoms with E-state index in [-0.39, 0.29) is 0 Å². The Kier molecular flexibility index (Phi) is 4.61. The van der Waals surface area contributed by atoms with Crippen LogP contribution in [0.15, 0.2) is 11.1 Å². The molecular weight excluding hydrogens is 194 g/mol.